The Morgan fingerprint density at radius 3 is 2.29 bits per heavy atom. The topological polar surface area (TPSA) is 29.3 Å². The number of nitrogens with zero attached hydrogens (tertiary/aromatic N) is 1. The number of aryl methyl sites for hydroxylation is 1. The van der Waals surface area contributed by atoms with Crippen LogP contribution >= 0.6 is 0 Å². The molecule has 0 saturated carbocycles. The lowest BCUT2D eigenvalue weighted by Gasteiger charge is -2.26. The summed E-state index contributed by atoms with van der Waals surface area (Å²) in [6.45, 7) is 9.45. The number of nitrogens with two attached hydrogens (primary N) is 1. The van der Waals surface area contributed by atoms with E-state index in [0.717, 1.165) is 26.1 Å². The zero-order valence-corrected chi connectivity index (χ0v) is 11.7. The molecule has 0 heterocycles. The van der Waals surface area contributed by atoms with E-state index in [2.05, 4.69) is 57.0 Å². The van der Waals surface area contributed by atoms with Crippen LogP contribution in [0.3, 0.4) is 0 Å². The van der Waals surface area contributed by atoms with Crippen molar-refractivity contribution in [1.82, 2.24) is 4.90 Å². The quantitative estimate of drug-likeness (QED) is 0.820. The minimum Gasteiger partial charge on any atom is -0.330 e. The van der Waals surface area contributed by atoms with Gasteiger partial charge in [-0.2, -0.15) is 0 Å². The van der Waals surface area contributed by atoms with Crippen molar-refractivity contribution >= 4 is 0 Å². The molecule has 1 aromatic rings. The number of hydrogen-bond donors (Lipinski definition) is 1. The molecule has 2 nitrogen and oxygen atoms in total. The minimum absolute atomic E-state index is 0.252. The summed E-state index contributed by atoms with van der Waals surface area (Å²) >= 11 is 0. The summed E-state index contributed by atoms with van der Waals surface area (Å²) in [5, 5.41) is 0. The first-order chi connectivity index (χ1) is 7.93. The first kappa shape index (κ1) is 14.2. The largest absolute Gasteiger partial charge is 0.330 e. The summed E-state index contributed by atoms with van der Waals surface area (Å²) in [4.78, 5) is 2.36. The molecule has 2 N–H and O–H groups in total. The number of rotatable bonds is 6. The van der Waals surface area contributed by atoms with Gasteiger partial charge >= 0.3 is 0 Å². The average molecular weight is 234 g/mol. The lowest BCUT2D eigenvalue weighted by atomic mass is 9.89. The SMILES string of the molecule is Cc1ccc(CN(C)CCC(C)(C)CN)cc1. The molecule has 0 amide bonds. The summed E-state index contributed by atoms with van der Waals surface area (Å²) in [5.41, 5.74) is 8.69. The molecule has 0 saturated heterocycles. The van der Waals surface area contributed by atoms with Crippen LogP contribution < -0.4 is 5.73 Å². The molecule has 1 aromatic carbocycles. The van der Waals surface area contributed by atoms with Gasteiger partial charge in [0, 0.05) is 6.54 Å². The van der Waals surface area contributed by atoms with E-state index in [-0.39, 0.29) is 5.41 Å². The van der Waals surface area contributed by atoms with Crippen LogP contribution in [0.4, 0.5) is 0 Å². The van der Waals surface area contributed by atoms with Crippen molar-refractivity contribution < 1.29 is 0 Å². The highest BCUT2D eigenvalue weighted by atomic mass is 15.1. The Hall–Kier alpha value is -0.860. The van der Waals surface area contributed by atoms with E-state index in [9.17, 15) is 0 Å². The van der Waals surface area contributed by atoms with Crippen LogP contribution in [0.2, 0.25) is 0 Å². The van der Waals surface area contributed by atoms with Crippen LogP contribution in [0.15, 0.2) is 24.3 Å². The van der Waals surface area contributed by atoms with Crippen LogP contribution in [0.1, 0.15) is 31.4 Å². The van der Waals surface area contributed by atoms with Crippen molar-refractivity contribution in [2.24, 2.45) is 11.1 Å². The smallest absolute Gasteiger partial charge is 0.0230 e. The van der Waals surface area contributed by atoms with Crippen molar-refractivity contribution in [1.29, 1.82) is 0 Å². The standard InChI is InChI=1S/C15H26N2/c1-13-5-7-14(8-6-13)11-17(4)10-9-15(2,3)12-16/h5-8H,9-12,16H2,1-4H3. The van der Waals surface area contributed by atoms with Gasteiger partial charge in [0.2, 0.25) is 0 Å². The van der Waals surface area contributed by atoms with Crippen LogP contribution in [0, 0.1) is 12.3 Å². The van der Waals surface area contributed by atoms with E-state index in [4.69, 9.17) is 5.73 Å². The van der Waals surface area contributed by atoms with Crippen LogP contribution in [0.5, 0.6) is 0 Å². The summed E-state index contributed by atoms with van der Waals surface area (Å²) in [6.07, 6.45) is 1.14. The Morgan fingerprint density at radius 1 is 1.18 bits per heavy atom. The molecule has 0 radical (unpaired) electrons. The Morgan fingerprint density at radius 2 is 1.76 bits per heavy atom. The van der Waals surface area contributed by atoms with E-state index in [1.165, 1.54) is 11.1 Å². The van der Waals surface area contributed by atoms with Gasteiger partial charge in [0.05, 0.1) is 0 Å². The van der Waals surface area contributed by atoms with E-state index in [1.807, 2.05) is 0 Å². The Labute approximate surface area is 106 Å². The third-order valence-corrected chi connectivity index (χ3v) is 3.30. The molecule has 1 rings (SSSR count). The van der Waals surface area contributed by atoms with E-state index < -0.39 is 0 Å². The molecule has 0 atom stereocenters. The van der Waals surface area contributed by atoms with E-state index in [1.54, 1.807) is 0 Å². The molecule has 0 aromatic heterocycles. The Bertz CT molecular complexity index is 327. The average Bonchev–Trinajstić information content (AvgIpc) is 2.30. The maximum atomic E-state index is 5.74. The second-order valence-corrected chi connectivity index (χ2v) is 5.84. The van der Waals surface area contributed by atoms with Gasteiger partial charge < -0.3 is 10.6 Å². The van der Waals surface area contributed by atoms with E-state index in [0.29, 0.717) is 0 Å². The van der Waals surface area contributed by atoms with Gasteiger partial charge in [0.1, 0.15) is 0 Å². The zero-order valence-electron chi connectivity index (χ0n) is 11.7. The lowest BCUT2D eigenvalue weighted by Crippen LogP contribution is -2.29. The Kier molecular flexibility index (Phi) is 5.16. The first-order valence-corrected chi connectivity index (χ1v) is 6.37. The van der Waals surface area contributed by atoms with Crippen LogP contribution in [-0.4, -0.2) is 25.0 Å². The fourth-order valence-electron chi connectivity index (χ4n) is 1.68. The molecule has 0 unspecified atom stereocenters. The summed E-state index contributed by atoms with van der Waals surface area (Å²) in [7, 11) is 2.17. The molecule has 17 heavy (non-hydrogen) atoms. The predicted octanol–water partition coefficient (Wildman–Crippen LogP) is 2.80. The van der Waals surface area contributed by atoms with Crippen molar-refractivity contribution in [2.45, 2.75) is 33.7 Å². The maximum Gasteiger partial charge on any atom is 0.0230 e. The van der Waals surface area contributed by atoms with Gasteiger partial charge in [-0.1, -0.05) is 43.7 Å². The highest BCUT2D eigenvalue weighted by Crippen LogP contribution is 2.18. The van der Waals surface area contributed by atoms with Crippen molar-refractivity contribution in [3.63, 3.8) is 0 Å². The van der Waals surface area contributed by atoms with Crippen molar-refractivity contribution in [2.75, 3.05) is 20.1 Å². The fourth-order valence-corrected chi connectivity index (χ4v) is 1.68. The molecule has 0 aliphatic rings. The fraction of sp³-hybridized carbons (Fsp3) is 0.600. The first-order valence-electron chi connectivity index (χ1n) is 6.37. The number of hydrogen-bond acceptors (Lipinski definition) is 2. The van der Waals surface area contributed by atoms with Gasteiger partial charge in [-0.3, -0.25) is 0 Å². The summed E-state index contributed by atoms with van der Waals surface area (Å²) in [5.74, 6) is 0. The normalized spacial score (nSPS) is 12.1. The van der Waals surface area contributed by atoms with Crippen molar-refractivity contribution in [3.05, 3.63) is 35.4 Å². The molecule has 96 valence electrons. The molecule has 0 spiro atoms. The molecule has 0 aliphatic carbocycles. The van der Waals surface area contributed by atoms with Crippen LogP contribution in [0.25, 0.3) is 0 Å². The summed E-state index contributed by atoms with van der Waals surface area (Å²) < 4.78 is 0. The molecule has 2 heteroatoms. The Balaban J connectivity index is 2.39. The van der Waals surface area contributed by atoms with Gasteiger partial charge in [-0.05, 0) is 44.5 Å². The highest BCUT2D eigenvalue weighted by Gasteiger charge is 2.15. The van der Waals surface area contributed by atoms with Gasteiger partial charge in [0.25, 0.3) is 0 Å². The van der Waals surface area contributed by atoms with Gasteiger partial charge in [-0.25, -0.2) is 0 Å². The van der Waals surface area contributed by atoms with Crippen LogP contribution in [-0.2, 0) is 6.54 Å². The second kappa shape index (κ2) is 6.18. The summed E-state index contributed by atoms with van der Waals surface area (Å²) in [6, 6.07) is 8.76. The molecular weight excluding hydrogens is 208 g/mol. The zero-order chi connectivity index (χ0) is 12.9. The monoisotopic (exact) mass is 234 g/mol. The highest BCUT2D eigenvalue weighted by molar-refractivity contribution is 5.21. The van der Waals surface area contributed by atoms with Gasteiger partial charge in [0.15, 0.2) is 0 Å². The molecule has 0 aliphatic heterocycles. The lowest BCUT2D eigenvalue weighted by molar-refractivity contribution is 0.249. The molecule has 0 fully saturated rings. The second-order valence-electron chi connectivity index (χ2n) is 5.84. The van der Waals surface area contributed by atoms with Crippen molar-refractivity contribution in [3.8, 4) is 0 Å². The minimum atomic E-state index is 0.252. The third kappa shape index (κ3) is 5.33. The maximum absolute atomic E-state index is 5.74. The molecule has 0 bridgehead atoms. The molecular formula is C15H26N2. The van der Waals surface area contributed by atoms with E-state index >= 15 is 0 Å². The predicted molar refractivity (Wildman–Crippen MR) is 75.0 cm³/mol. The third-order valence-electron chi connectivity index (χ3n) is 3.30. The number of benzene rings is 1. The van der Waals surface area contributed by atoms with Gasteiger partial charge in [-0.15, -0.1) is 0 Å².